The van der Waals surface area contributed by atoms with Crippen LogP contribution in [0.5, 0.6) is 0 Å². The van der Waals surface area contributed by atoms with Crippen LogP contribution in [-0.2, 0) is 28.8 Å². The largest absolute Gasteiger partial charge is 0.480 e. The van der Waals surface area contributed by atoms with Crippen molar-refractivity contribution in [2.45, 2.75) is 56.8 Å². The van der Waals surface area contributed by atoms with E-state index in [0.717, 1.165) is 4.90 Å². The number of nitrogens with zero attached hydrogens (tertiary/aromatic N) is 1. The maximum absolute atomic E-state index is 12.7. The average molecular weight is 451 g/mol. The van der Waals surface area contributed by atoms with Crippen molar-refractivity contribution in [2.75, 3.05) is 6.54 Å². The number of hydrogen-bond acceptors (Lipinski definition) is 7. The number of aliphatic carboxylic acids is 1. The number of nitrogens with two attached hydrogens (primary N) is 3. The van der Waals surface area contributed by atoms with Gasteiger partial charge in [-0.3, -0.25) is 24.0 Å². The summed E-state index contributed by atoms with van der Waals surface area (Å²) < 4.78 is 0. The van der Waals surface area contributed by atoms with E-state index in [1.165, 1.54) is 6.92 Å². The summed E-state index contributed by atoms with van der Waals surface area (Å²) in [5.74, 6) is -5.55. The summed E-state index contributed by atoms with van der Waals surface area (Å²) in [4.78, 5) is 72.0. The van der Waals surface area contributed by atoms with Crippen molar-refractivity contribution in [3.8, 4) is 0 Å². The highest BCUT2D eigenvalue weighted by Gasteiger charge is 2.39. The van der Waals surface area contributed by atoms with E-state index in [1.807, 2.05) is 0 Å². The molecule has 0 radical (unpaired) electrons. The monoisotopic (exact) mass is 450 g/mol. The van der Waals surface area contributed by atoms with Crippen LogP contribution >= 0.6 is 12.4 Å². The second kappa shape index (κ2) is 11.9. The van der Waals surface area contributed by atoms with Crippen LogP contribution in [0.15, 0.2) is 0 Å². The molecule has 170 valence electrons. The van der Waals surface area contributed by atoms with Gasteiger partial charge in [-0.2, -0.15) is 0 Å². The highest BCUT2D eigenvalue weighted by Crippen LogP contribution is 2.19. The minimum Gasteiger partial charge on any atom is -0.480 e. The molecule has 0 spiro atoms. The molecule has 1 aliphatic rings. The van der Waals surface area contributed by atoms with Gasteiger partial charge in [-0.1, -0.05) is 0 Å². The van der Waals surface area contributed by atoms with Crippen LogP contribution in [0.3, 0.4) is 0 Å². The fourth-order valence-electron chi connectivity index (χ4n) is 2.87. The van der Waals surface area contributed by atoms with E-state index in [0.29, 0.717) is 6.42 Å². The molecule has 0 bridgehead atoms. The number of carboxylic acids is 1. The van der Waals surface area contributed by atoms with Crippen molar-refractivity contribution >= 4 is 47.9 Å². The Hall–Kier alpha value is -2.93. The van der Waals surface area contributed by atoms with Crippen molar-refractivity contribution in [1.29, 1.82) is 0 Å². The molecular formula is C16H27ClN6O7. The smallest absolute Gasteiger partial charge is 0.326 e. The topological polar surface area (TPSA) is 228 Å². The third-order valence-electron chi connectivity index (χ3n) is 4.29. The van der Waals surface area contributed by atoms with Gasteiger partial charge in [0.15, 0.2) is 0 Å². The van der Waals surface area contributed by atoms with E-state index >= 15 is 0 Å². The first-order chi connectivity index (χ1) is 13.4. The van der Waals surface area contributed by atoms with E-state index in [2.05, 4.69) is 10.6 Å². The second-order valence-corrected chi connectivity index (χ2v) is 6.78. The molecule has 0 aliphatic carbocycles. The summed E-state index contributed by atoms with van der Waals surface area (Å²) in [6.45, 7) is 1.49. The molecule has 30 heavy (non-hydrogen) atoms. The Bertz CT molecular complexity index is 702. The van der Waals surface area contributed by atoms with Crippen molar-refractivity contribution in [3.05, 3.63) is 0 Å². The van der Waals surface area contributed by atoms with Crippen LogP contribution < -0.4 is 27.8 Å². The molecule has 13 nitrogen and oxygen atoms in total. The highest BCUT2D eigenvalue weighted by molar-refractivity contribution is 5.97. The lowest BCUT2D eigenvalue weighted by atomic mass is 10.1. The van der Waals surface area contributed by atoms with Crippen LogP contribution in [0.2, 0.25) is 0 Å². The fraction of sp³-hybridized carbons (Fsp3) is 0.625. The lowest BCUT2D eigenvalue weighted by Crippen LogP contribution is -2.58. The van der Waals surface area contributed by atoms with Gasteiger partial charge in [-0.25, -0.2) is 4.79 Å². The van der Waals surface area contributed by atoms with Gasteiger partial charge in [0, 0.05) is 6.54 Å². The first kappa shape index (κ1) is 27.1. The Labute approximate surface area is 178 Å². The standard InChI is InChI=1S/C16H26N6O7.ClH/c1-7(17)13(25)20-8(5-11(18)23)14(26)21-9(6-12(19)24)15(27)22-4-2-3-10(22)16(28)29;/h7-10H,2-6,17H2,1H3,(H2,18,23)(H2,19,24)(H,20,25)(H,21,26)(H,28,29);1H. The zero-order valence-corrected chi connectivity index (χ0v) is 17.1. The summed E-state index contributed by atoms with van der Waals surface area (Å²) in [7, 11) is 0. The molecule has 0 aromatic carbocycles. The molecule has 1 rings (SSSR count). The molecule has 4 unspecified atom stereocenters. The maximum atomic E-state index is 12.7. The van der Waals surface area contributed by atoms with Crippen molar-refractivity contribution in [3.63, 3.8) is 0 Å². The Morgan fingerprint density at radius 1 is 1.00 bits per heavy atom. The number of carboxylic acid groups (broad SMARTS) is 1. The first-order valence-electron chi connectivity index (χ1n) is 8.90. The maximum Gasteiger partial charge on any atom is 0.326 e. The summed E-state index contributed by atoms with van der Waals surface area (Å²) in [6.07, 6.45) is -0.511. The average Bonchev–Trinajstić information content (AvgIpc) is 3.08. The molecule has 0 saturated carbocycles. The summed E-state index contributed by atoms with van der Waals surface area (Å²) in [5, 5.41) is 13.7. The molecule has 14 heteroatoms. The molecule has 1 aliphatic heterocycles. The number of rotatable bonds is 10. The normalized spacial score (nSPS) is 18.3. The number of primary amides is 2. The molecule has 0 aromatic rings. The van der Waals surface area contributed by atoms with Gasteiger partial charge < -0.3 is 37.8 Å². The summed E-state index contributed by atoms with van der Waals surface area (Å²) in [6, 6.07) is -4.98. The van der Waals surface area contributed by atoms with Gasteiger partial charge in [0.05, 0.1) is 18.9 Å². The van der Waals surface area contributed by atoms with Crippen LogP contribution in [0.4, 0.5) is 0 Å². The van der Waals surface area contributed by atoms with Crippen LogP contribution in [0, 0.1) is 0 Å². The van der Waals surface area contributed by atoms with Gasteiger partial charge >= 0.3 is 5.97 Å². The Kier molecular flexibility index (Phi) is 10.8. The minimum atomic E-state index is -1.47. The summed E-state index contributed by atoms with van der Waals surface area (Å²) in [5.41, 5.74) is 15.6. The molecule has 1 fully saturated rings. The van der Waals surface area contributed by atoms with Crippen LogP contribution in [0.1, 0.15) is 32.6 Å². The first-order valence-corrected chi connectivity index (χ1v) is 8.90. The molecule has 1 heterocycles. The lowest BCUT2D eigenvalue weighted by molar-refractivity contribution is -0.149. The van der Waals surface area contributed by atoms with Gasteiger partial charge in [-0.05, 0) is 19.8 Å². The number of carbonyl (C=O) groups excluding carboxylic acids is 5. The van der Waals surface area contributed by atoms with Crippen LogP contribution in [-0.4, -0.2) is 76.2 Å². The van der Waals surface area contributed by atoms with E-state index in [1.54, 1.807) is 0 Å². The lowest BCUT2D eigenvalue weighted by Gasteiger charge is -2.28. The molecular weight excluding hydrogens is 424 g/mol. The Morgan fingerprint density at radius 3 is 1.97 bits per heavy atom. The predicted octanol–water partition coefficient (Wildman–Crippen LogP) is -3.45. The van der Waals surface area contributed by atoms with Gasteiger partial charge in [-0.15, -0.1) is 12.4 Å². The number of carbonyl (C=O) groups is 6. The van der Waals surface area contributed by atoms with Gasteiger partial charge in [0.1, 0.15) is 18.1 Å². The molecule has 4 atom stereocenters. The molecule has 1 saturated heterocycles. The van der Waals surface area contributed by atoms with Crippen molar-refractivity contribution < 1.29 is 33.9 Å². The number of hydrogen-bond donors (Lipinski definition) is 6. The van der Waals surface area contributed by atoms with Crippen molar-refractivity contribution in [1.82, 2.24) is 15.5 Å². The SMILES string of the molecule is CC(N)C(=O)NC(CC(N)=O)C(=O)NC(CC(N)=O)C(=O)N1CCCC1C(=O)O.Cl. The molecule has 5 amide bonds. The number of amides is 5. The third kappa shape index (κ3) is 7.83. The minimum absolute atomic E-state index is 0. The second-order valence-electron chi connectivity index (χ2n) is 6.78. The number of halogens is 1. The molecule has 0 aromatic heterocycles. The zero-order chi connectivity index (χ0) is 22.3. The van der Waals surface area contributed by atoms with E-state index in [4.69, 9.17) is 17.2 Å². The van der Waals surface area contributed by atoms with E-state index in [-0.39, 0.29) is 25.4 Å². The number of nitrogens with one attached hydrogen (secondary N) is 2. The predicted molar refractivity (Wildman–Crippen MR) is 105 cm³/mol. The Balaban J connectivity index is 0.00000841. The third-order valence-corrected chi connectivity index (χ3v) is 4.29. The molecule has 9 N–H and O–H groups in total. The highest BCUT2D eigenvalue weighted by atomic mass is 35.5. The summed E-state index contributed by atoms with van der Waals surface area (Å²) >= 11 is 0. The van der Waals surface area contributed by atoms with Crippen molar-refractivity contribution in [2.24, 2.45) is 17.2 Å². The zero-order valence-electron chi connectivity index (χ0n) is 16.3. The van der Waals surface area contributed by atoms with E-state index in [9.17, 15) is 33.9 Å². The van der Waals surface area contributed by atoms with Crippen LogP contribution in [0.25, 0.3) is 0 Å². The number of likely N-dealkylation sites (tertiary alicyclic amines) is 1. The Morgan fingerprint density at radius 2 is 1.50 bits per heavy atom. The van der Waals surface area contributed by atoms with Gasteiger partial charge in [0.25, 0.3) is 0 Å². The quantitative estimate of drug-likeness (QED) is 0.195. The fourth-order valence-corrected chi connectivity index (χ4v) is 2.87. The van der Waals surface area contributed by atoms with E-state index < -0.39 is 72.5 Å². The van der Waals surface area contributed by atoms with Gasteiger partial charge in [0.2, 0.25) is 29.5 Å².